The maximum absolute atomic E-state index is 4.46. The smallest absolute Gasteiger partial charge is 0.663 e. The van der Waals surface area contributed by atoms with Gasteiger partial charge in [-0.25, -0.2) is 0 Å². The summed E-state index contributed by atoms with van der Waals surface area (Å²) in [6.45, 7) is 0. The standard InChI is InChI=1S/C16H10N3.C10H8N2.Cu/c1-3-11-7-8-18-15(11)12(4-1)13-5-2-6-14-16(13)19-10-9-17-14;1-3-7-11-9(5-1)10-6-2-4-8-12-10;/h1-10H;1-8H;/q-1;;+1. The van der Waals surface area contributed by atoms with Gasteiger partial charge in [-0.05, 0) is 41.3 Å². The second-order valence-corrected chi connectivity index (χ2v) is 6.85. The average molecular weight is 464 g/mol. The first-order chi connectivity index (χ1) is 15.4. The molecule has 0 aliphatic heterocycles. The number of hydrogen-bond acceptors (Lipinski definition) is 4. The summed E-state index contributed by atoms with van der Waals surface area (Å²) in [7, 11) is 0. The average Bonchev–Trinajstić information content (AvgIpc) is 3.35. The zero-order valence-corrected chi connectivity index (χ0v) is 17.9. The van der Waals surface area contributed by atoms with Gasteiger partial charge >= 0.3 is 17.1 Å². The fourth-order valence-electron chi connectivity index (χ4n) is 3.49. The molecular weight excluding hydrogens is 446 g/mol. The molecule has 6 heteroatoms. The van der Waals surface area contributed by atoms with E-state index in [1.54, 1.807) is 24.8 Å². The zero-order chi connectivity index (χ0) is 20.9. The number of benzene rings is 2. The van der Waals surface area contributed by atoms with Crippen LogP contribution in [0.25, 0.3) is 44.5 Å². The van der Waals surface area contributed by atoms with E-state index in [4.69, 9.17) is 0 Å². The summed E-state index contributed by atoms with van der Waals surface area (Å²) in [6, 6.07) is 25.9. The van der Waals surface area contributed by atoms with E-state index in [1.807, 2.05) is 60.8 Å². The van der Waals surface area contributed by atoms with Gasteiger partial charge in [-0.15, -0.1) is 5.52 Å². The number of aromatic nitrogens is 5. The van der Waals surface area contributed by atoms with E-state index in [0.29, 0.717) is 0 Å². The molecule has 32 heavy (non-hydrogen) atoms. The monoisotopic (exact) mass is 463 g/mol. The predicted molar refractivity (Wildman–Crippen MR) is 123 cm³/mol. The van der Waals surface area contributed by atoms with Gasteiger partial charge in [-0.1, -0.05) is 48.5 Å². The predicted octanol–water partition coefficient (Wildman–Crippen LogP) is 5.55. The third kappa shape index (κ3) is 4.42. The maximum atomic E-state index is 4.46. The summed E-state index contributed by atoms with van der Waals surface area (Å²) in [5.74, 6) is 0. The van der Waals surface area contributed by atoms with Crippen molar-refractivity contribution in [2.45, 2.75) is 0 Å². The van der Waals surface area contributed by atoms with E-state index < -0.39 is 0 Å². The van der Waals surface area contributed by atoms with Crippen LogP contribution in [0.1, 0.15) is 0 Å². The van der Waals surface area contributed by atoms with Crippen LogP contribution in [-0.2, 0) is 17.1 Å². The number of fused-ring (bicyclic) bond motifs is 2. The Balaban J connectivity index is 0.000000164. The second kappa shape index (κ2) is 9.96. The molecule has 158 valence electrons. The second-order valence-electron chi connectivity index (χ2n) is 6.85. The van der Waals surface area contributed by atoms with Crippen molar-refractivity contribution in [3.8, 4) is 22.5 Å². The molecule has 2 aromatic carbocycles. The van der Waals surface area contributed by atoms with Crippen LogP contribution in [0.2, 0.25) is 0 Å². The van der Waals surface area contributed by atoms with Crippen molar-refractivity contribution < 1.29 is 17.1 Å². The molecule has 0 bridgehead atoms. The van der Waals surface area contributed by atoms with Gasteiger partial charge in [0.1, 0.15) is 0 Å². The minimum Gasteiger partial charge on any atom is -0.663 e. The molecule has 0 radical (unpaired) electrons. The van der Waals surface area contributed by atoms with Gasteiger partial charge in [-0.2, -0.15) is 6.20 Å². The van der Waals surface area contributed by atoms with E-state index in [2.05, 4.69) is 49.2 Å². The van der Waals surface area contributed by atoms with Crippen molar-refractivity contribution in [1.29, 1.82) is 0 Å². The number of rotatable bonds is 2. The fourth-order valence-corrected chi connectivity index (χ4v) is 3.49. The number of nitrogens with zero attached hydrogens (tertiary/aromatic N) is 5. The number of para-hydroxylation sites is 2. The molecule has 0 amide bonds. The van der Waals surface area contributed by atoms with Crippen LogP contribution < -0.4 is 4.98 Å². The Morgan fingerprint density at radius 1 is 0.531 bits per heavy atom. The van der Waals surface area contributed by atoms with Gasteiger partial charge < -0.3 is 4.98 Å². The van der Waals surface area contributed by atoms with Crippen LogP contribution >= 0.6 is 0 Å². The molecule has 0 saturated carbocycles. The SMILES string of the molecule is [Cu+].c1cc(-c2cccc3nccnc23)c2[n-]ccc2c1.c1ccc(-c2ccccn2)nc1. The molecule has 0 atom stereocenters. The molecule has 5 nitrogen and oxygen atoms in total. The first kappa shape index (κ1) is 21.4. The van der Waals surface area contributed by atoms with Crippen molar-refractivity contribution in [1.82, 2.24) is 24.9 Å². The van der Waals surface area contributed by atoms with Gasteiger partial charge in [0.25, 0.3) is 0 Å². The van der Waals surface area contributed by atoms with Crippen molar-refractivity contribution >= 4 is 21.9 Å². The summed E-state index contributed by atoms with van der Waals surface area (Å²) in [6.07, 6.45) is 8.82. The van der Waals surface area contributed by atoms with E-state index in [9.17, 15) is 0 Å². The summed E-state index contributed by atoms with van der Waals surface area (Å²) >= 11 is 0. The Labute approximate surface area is 196 Å². The number of pyridine rings is 2. The molecule has 4 aromatic heterocycles. The van der Waals surface area contributed by atoms with Crippen molar-refractivity contribution in [2.75, 3.05) is 0 Å². The first-order valence-electron chi connectivity index (χ1n) is 9.93. The van der Waals surface area contributed by atoms with E-state index in [1.165, 1.54) is 0 Å². The molecule has 0 aliphatic rings. The van der Waals surface area contributed by atoms with E-state index >= 15 is 0 Å². The summed E-state index contributed by atoms with van der Waals surface area (Å²) in [5.41, 5.74) is 6.85. The minimum atomic E-state index is 0. The van der Waals surface area contributed by atoms with Crippen LogP contribution in [-0.4, -0.2) is 19.9 Å². The minimum absolute atomic E-state index is 0. The van der Waals surface area contributed by atoms with Gasteiger partial charge in [-0.3, -0.25) is 19.9 Å². The van der Waals surface area contributed by atoms with Crippen LogP contribution in [0.15, 0.2) is 110 Å². The van der Waals surface area contributed by atoms with Crippen LogP contribution in [0.3, 0.4) is 0 Å². The first-order valence-corrected chi connectivity index (χ1v) is 9.93. The van der Waals surface area contributed by atoms with Crippen molar-refractivity contribution in [2.24, 2.45) is 0 Å². The largest absolute Gasteiger partial charge is 1.00 e. The quantitative estimate of drug-likeness (QED) is 0.315. The fraction of sp³-hybridized carbons (Fsp3) is 0. The van der Waals surface area contributed by atoms with Crippen molar-refractivity contribution in [3.05, 3.63) is 110 Å². The Morgan fingerprint density at radius 2 is 1.22 bits per heavy atom. The molecule has 0 aliphatic carbocycles. The Bertz CT molecular complexity index is 1390. The van der Waals surface area contributed by atoms with Crippen LogP contribution in [0.4, 0.5) is 0 Å². The molecule has 0 N–H and O–H groups in total. The molecule has 6 aromatic rings. The molecule has 0 saturated heterocycles. The molecule has 0 unspecified atom stereocenters. The third-order valence-electron chi connectivity index (χ3n) is 4.91. The summed E-state index contributed by atoms with van der Waals surface area (Å²) < 4.78 is 0. The molecule has 6 rings (SSSR count). The summed E-state index contributed by atoms with van der Waals surface area (Å²) in [5, 5.41) is 1.15. The van der Waals surface area contributed by atoms with Gasteiger partial charge in [0.2, 0.25) is 0 Å². The van der Waals surface area contributed by atoms with Crippen LogP contribution in [0.5, 0.6) is 0 Å². The normalized spacial score (nSPS) is 10.2. The van der Waals surface area contributed by atoms with Crippen LogP contribution in [0, 0.1) is 0 Å². The van der Waals surface area contributed by atoms with Gasteiger partial charge in [0, 0.05) is 30.4 Å². The van der Waals surface area contributed by atoms with Crippen molar-refractivity contribution in [3.63, 3.8) is 0 Å². The van der Waals surface area contributed by atoms with E-state index in [0.717, 1.165) is 44.5 Å². The Morgan fingerprint density at radius 3 is 1.94 bits per heavy atom. The van der Waals surface area contributed by atoms with E-state index in [-0.39, 0.29) is 17.1 Å². The summed E-state index contributed by atoms with van der Waals surface area (Å²) in [4.78, 5) is 21.6. The van der Waals surface area contributed by atoms with Gasteiger partial charge in [0.15, 0.2) is 0 Å². The topological polar surface area (TPSA) is 65.7 Å². The number of hydrogen-bond donors (Lipinski definition) is 0. The molecule has 0 spiro atoms. The maximum Gasteiger partial charge on any atom is 1.00 e. The molecule has 4 heterocycles. The Hall–Kier alpha value is -3.86. The Kier molecular flexibility index (Phi) is 6.66. The molecule has 0 fully saturated rings. The third-order valence-corrected chi connectivity index (χ3v) is 4.91. The molecular formula is C26H18CuN5. The zero-order valence-electron chi connectivity index (χ0n) is 16.9. The van der Waals surface area contributed by atoms with Gasteiger partial charge in [0.05, 0.1) is 22.4 Å².